The monoisotopic (exact) mass is 293 g/mol. The normalized spacial score (nSPS) is 19.2. The highest BCUT2D eigenvalue weighted by Gasteiger charge is 2.30. The number of hydrogen-bond donors (Lipinski definition) is 1. The van der Waals surface area contributed by atoms with Crippen LogP contribution in [-0.2, 0) is 16.1 Å². The maximum absolute atomic E-state index is 12.1. The number of carbonyl (C=O) groups is 1. The SMILES string of the molecule is CCOC(=O)[C@@H]1CCCCN1Cc1cccc(OC)c1O. The summed E-state index contributed by atoms with van der Waals surface area (Å²) >= 11 is 0. The first-order chi connectivity index (χ1) is 10.2. The number of rotatable bonds is 5. The molecule has 0 bridgehead atoms. The molecular weight excluding hydrogens is 270 g/mol. The molecule has 21 heavy (non-hydrogen) atoms. The summed E-state index contributed by atoms with van der Waals surface area (Å²) in [5.74, 6) is 0.435. The van der Waals surface area contributed by atoms with Gasteiger partial charge >= 0.3 is 5.97 Å². The van der Waals surface area contributed by atoms with Crippen molar-refractivity contribution in [1.82, 2.24) is 4.90 Å². The first-order valence-corrected chi connectivity index (χ1v) is 7.43. The molecule has 0 radical (unpaired) electrons. The van der Waals surface area contributed by atoms with Crippen molar-refractivity contribution in [2.75, 3.05) is 20.3 Å². The fourth-order valence-electron chi connectivity index (χ4n) is 2.76. The van der Waals surface area contributed by atoms with Gasteiger partial charge in [-0.2, -0.15) is 0 Å². The molecule has 1 aliphatic rings. The molecule has 1 heterocycles. The van der Waals surface area contributed by atoms with Crippen LogP contribution in [0.1, 0.15) is 31.7 Å². The second-order valence-electron chi connectivity index (χ2n) is 5.20. The minimum absolute atomic E-state index is 0.146. The van der Waals surface area contributed by atoms with E-state index < -0.39 is 0 Å². The third kappa shape index (κ3) is 3.67. The number of esters is 1. The molecule has 0 unspecified atom stereocenters. The molecule has 1 fully saturated rings. The first kappa shape index (κ1) is 15.6. The number of para-hydroxylation sites is 1. The van der Waals surface area contributed by atoms with E-state index in [1.54, 1.807) is 6.07 Å². The van der Waals surface area contributed by atoms with Gasteiger partial charge in [0.1, 0.15) is 6.04 Å². The Morgan fingerprint density at radius 1 is 1.43 bits per heavy atom. The van der Waals surface area contributed by atoms with E-state index in [0.29, 0.717) is 18.9 Å². The van der Waals surface area contributed by atoms with Gasteiger partial charge < -0.3 is 14.6 Å². The summed E-state index contributed by atoms with van der Waals surface area (Å²) in [4.78, 5) is 14.1. The Morgan fingerprint density at radius 3 is 2.95 bits per heavy atom. The first-order valence-electron chi connectivity index (χ1n) is 7.43. The predicted molar refractivity (Wildman–Crippen MR) is 79.3 cm³/mol. The second-order valence-corrected chi connectivity index (χ2v) is 5.20. The number of likely N-dealkylation sites (tertiary alicyclic amines) is 1. The Morgan fingerprint density at radius 2 is 2.24 bits per heavy atom. The topological polar surface area (TPSA) is 59.0 Å². The molecule has 0 saturated carbocycles. The van der Waals surface area contributed by atoms with Crippen LogP contribution in [0.3, 0.4) is 0 Å². The summed E-state index contributed by atoms with van der Waals surface area (Å²) in [5, 5.41) is 10.2. The summed E-state index contributed by atoms with van der Waals surface area (Å²) in [6, 6.07) is 5.20. The van der Waals surface area contributed by atoms with Crippen LogP contribution in [0.2, 0.25) is 0 Å². The molecule has 2 rings (SSSR count). The van der Waals surface area contributed by atoms with Gasteiger partial charge in [0.2, 0.25) is 0 Å². The molecule has 1 N–H and O–H groups in total. The van der Waals surface area contributed by atoms with E-state index in [0.717, 1.165) is 31.4 Å². The number of phenolic OH excluding ortho intramolecular Hbond substituents is 1. The van der Waals surface area contributed by atoms with Gasteiger partial charge in [-0.1, -0.05) is 18.6 Å². The largest absolute Gasteiger partial charge is 0.504 e. The van der Waals surface area contributed by atoms with Crippen molar-refractivity contribution in [2.24, 2.45) is 0 Å². The second kappa shape index (κ2) is 7.31. The van der Waals surface area contributed by atoms with E-state index in [4.69, 9.17) is 9.47 Å². The fraction of sp³-hybridized carbons (Fsp3) is 0.562. The third-order valence-electron chi connectivity index (χ3n) is 3.85. The molecule has 0 aliphatic carbocycles. The summed E-state index contributed by atoms with van der Waals surface area (Å²) in [6.07, 6.45) is 2.90. The van der Waals surface area contributed by atoms with Gasteiger partial charge in [-0.05, 0) is 32.4 Å². The van der Waals surface area contributed by atoms with Crippen molar-refractivity contribution in [1.29, 1.82) is 0 Å². The van der Waals surface area contributed by atoms with Gasteiger partial charge in [0.25, 0.3) is 0 Å². The standard InChI is InChI=1S/C16H23NO4/c1-3-21-16(19)13-8-4-5-10-17(13)11-12-7-6-9-14(20-2)15(12)18/h6-7,9,13,18H,3-5,8,10-11H2,1-2H3/t13-/m0/s1. The molecule has 5 nitrogen and oxygen atoms in total. The molecular formula is C16H23NO4. The highest BCUT2D eigenvalue weighted by atomic mass is 16.5. The Kier molecular flexibility index (Phi) is 5.44. The van der Waals surface area contributed by atoms with Crippen LogP contribution < -0.4 is 4.74 Å². The zero-order valence-corrected chi connectivity index (χ0v) is 12.7. The molecule has 116 valence electrons. The molecule has 0 spiro atoms. The average molecular weight is 293 g/mol. The van der Waals surface area contributed by atoms with Gasteiger partial charge in [0.15, 0.2) is 11.5 Å². The van der Waals surface area contributed by atoms with E-state index >= 15 is 0 Å². The van der Waals surface area contributed by atoms with Crippen molar-refractivity contribution in [2.45, 2.75) is 38.8 Å². The van der Waals surface area contributed by atoms with Crippen LogP contribution in [0.4, 0.5) is 0 Å². The Hall–Kier alpha value is -1.75. The summed E-state index contributed by atoms with van der Waals surface area (Å²) < 4.78 is 10.3. The number of aromatic hydroxyl groups is 1. The van der Waals surface area contributed by atoms with Crippen molar-refractivity contribution in [3.8, 4) is 11.5 Å². The van der Waals surface area contributed by atoms with Crippen molar-refractivity contribution in [3.05, 3.63) is 23.8 Å². The summed E-state index contributed by atoms with van der Waals surface area (Å²) in [5.41, 5.74) is 0.769. The lowest BCUT2D eigenvalue weighted by atomic mass is 10.0. The number of nitrogens with zero attached hydrogens (tertiary/aromatic N) is 1. The molecule has 1 saturated heterocycles. The number of phenols is 1. The van der Waals surface area contributed by atoms with Crippen LogP contribution in [0.15, 0.2) is 18.2 Å². The van der Waals surface area contributed by atoms with Gasteiger partial charge in [-0.25, -0.2) is 0 Å². The number of hydrogen-bond acceptors (Lipinski definition) is 5. The molecule has 0 aromatic heterocycles. The lowest BCUT2D eigenvalue weighted by Gasteiger charge is -2.34. The molecule has 5 heteroatoms. The van der Waals surface area contributed by atoms with Crippen LogP contribution >= 0.6 is 0 Å². The van der Waals surface area contributed by atoms with Crippen LogP contribution in [0.25, 0.3) is 0 Å². The lowest BCUT2D eigenvalue weighted by molar-refractivity contribution is -0.151. The number of piperidine rings is 1. The van der Waals surface area contributed by atoms with Crippen LogP contribution in [0.5, 0.6) is 11.5 Å². The van der Waals surface area contributed by atoms with Crippen LogP contribution in [0, 0.1) is 0 Å². The van der Waals surface area contributed by atoms with E-state index in [-0.39, 0.29) is 17.8 Å². The smallest absolute Gasteiger partial charge is 0.323 e. The van der Waals surface area contributed by atoms with Crippen LogP contribution in [-0.4, -0.2) is 42.3 Å². The van der Waals surface area contributed by atoms with Crippen molar-refractivity contribution < 1.29 is 19.4 Å². The Bertz CT molecular complexity index is 489. The van der Waals surface area contributed by atoms with Gasteiger partial charge in [0.05, 0.1) is 13.7 Å². The molecule has 1 aromatic carbocycles. The van der Waals surface area contributed by atoms with Gasteiger partial charge in [-0.15, -0.1) is 0 Å². The van der Waals surface area contributed by atoms with E-state index in [1.807, 2.05) is 19.1 Å². The Labute approximate surface area is 125 Å². The highest BCUT2D eigenvalue weighted by molar-refractivity contribution is 5.75. The maximum atomic E-state index is 12.1. The maximum Gasteiger partial charge on any atom is 0.323 e. The molecule has 1 aliphatic heterocycles. The number of methoxy groups -OCH3 is 1. The molecule has 1 atom stereocenters. The summed E-state index contributed by atoms with van der Waals surface area (Å²) in [6.45, 7) is 3.57. The van der Waals surface area contributed by atoms with E-state index in [9.17, 15) is 9.90 Å². The number of benzene rings is 1. The molecule has 1 aromatic rings. The highest BCUT2D eigenvalue weighted by Crippen LogP contribution is 2.31. The minimum Gasteiger partial charge on any atom is -0.504 e. The zero-order valence-electron chi connectivity index (χ0n) is 12.7. The quantitative estimate of drug-likeness (QED) is 0.844. The predicted octanol–water partition coefficient (Wildman–Crippen LogP) is 2.32. The summed E-state index contributed by atoms with van der Waals surface area (Å²) in [7, 11) is 1.53. The number of carbonyl (C=O) groups excluding carboxylic acids is 1. The van der Waals surface area contributed by atoms with Gasteiger partial charge in [-0.3, -0.25) is 9.69 Å². The zero-order chi connectivity index (χ0) is 15.2. The molecule has 0 amide bonds. The Balaban J connectivity index is 2.14. The number of ether oxygens (including phenoxy) is 2. The fourth-order valence-corrected chi connectivity index (χ4v) is 2.76. The average Bonchev–Trinajstić information content (AvgIpc) is 2.50. The lowest BCUT2D eigenvalue weighted by Crippen LogP contribution is -2.44. The third-order valence-corrected chi connectivity index (χ3v) is 3.85. The van der Waals surface area contributed by atoms with E-state index in [1.165, 1.54) is 7.11 Å². The van der Waals surface area contributed by atoms with Crippen molar-refractivity contribution >= 4 is 5.97 Å². The minimum atomic E-state index is -0.218. The van der Waals surface area contributed by atoms with E-state index in [2.05, 4.69) is 4.90 Å². The van der Waals surface area contributed by atoms with Gasteiger partial charge in [0, 0.05) is 12.1 Å². The van der Waals surface area contributed by atoms with Crippen molar-refractivity contribution in [3.63, 3.8) is 0 Å².